The Kier molecular flexibility index (Phi) is 6.90. The fraction of sp³-hybridized carbons (Fsp3) is 0.238. The van der Waals surface area contributed by atoms with Crippen molar-refractivity contribution >= 4 is 40.3 Å². The number of amides is 1. The molecule has 0 aliphatic carbocycles. The Morgan fingerprint density at radius 3 is 2.33 bits per heavy atom. The summed E-state index contributed by atoms with van der Waals surface area (Å²) in [4.78, 5) is 12.3. The molecule has 0 saturated carbocycles. The molecule has 2 aromatic rings. The van der Waals surface area contributed by atoms with Crippen molar-refractivity contribution in [2.45, 2.75) is 26.4 Å². The first-order chi connectivity index (χ1) is 13.1. The molecule has 4 nitrogen and oxygen atoms in total. The Balaban J connectivity index is 1.52. The molecular formula is C21H21NO3S2. The Hall–Kier alpha value is -2.31. The maximum atomic E-state index is 11.7. The summed E-state index contributed by atoms with van der Waals surface area (Å²) in [6, 6.07) is 15.6. The summed E-state index contributed by atoms with van der Waals surface area (Å²) >= 11 is 6.27. The second-order valence-corrected chi connectivity index (χ2v) is 7.77. The zero-order valence-electron chi connectivity index (χ0n) is 15.1. The molecule has 0 atom stereocenters. The summed E-state index contributed by atoms with van der Waals surface area (Å²) in [5.41, 5.74) is 2.01. The smallest absolute Gasteiger partial charge is 0.263 e. The van der Waals surface area contributed by atoms with Gasteiger partial charge in [0.2, 0.25) is 0 Å². The number of hydrogen-bond acceptors (Lipinski definition) is 5. The van der Waals surface area contributed by atoms with E-state index in [4.69, 9.17) is 21.7 Å². The quantitative estimate of drug-likeness (QED) is 0.387. The van der Waals surface area contributed by atoms with Crippen molar-refractivity contribution < 1.29 is 14.3 Å². The molecule has 27 heavy (non-hydrogen) atoms. The Labute approximate surface area is 168 Å². The lowest BCUT2D eigenvalue weighted by atomic mass is 10.2. The van der Waals surface area contributed by atoms with Crippen LogP contribution < -0.4 is 14.8 Å². The van der Waals surface area contributed by atoms with Gasteiger partial charge < -0.3 is 14.8 Å². The van der Waals surface area contributed by atoms with Crippen LogP contribution in [0.5, 0.6) is 11.5 Å². The lowest BCUT2D eigenvalue weighted by molar-refractivity contribution is -0.115. The van der Waals surface area contributed by atoms with E-state index in [1.165, 1.54) is 11.8 Å². The SMILES string of the molecule is CCCCOc1ccc(COc2ccc(C=C3SC(=S)NC3=O)cc2)cc1. The average molecular weight is 400 g/mol. The number of carbonyl (C=O) groups is 1. The maximum Gasteiger partial charge on any atom is 0.263 e. The summed E-state index contributed by atoms with van der Waals surface area (Å²) < 4.78 is 12.0. The molecule has 0 aromatic heterocycles. The first-order valence-electron chi connectivity index (χ1n) is 8.83. The lowest BCUT2D eigenvalue weighted by Gasteiger charge is -2.08. The number of hydrogen-bond donors (Lipinski definition) is 1. The van der Waals surface area contributed by atoms with Crippen LogP contribution in [-0.4, -0.2) is 16.8 Å². The number of benzene rings is 2. The minimum atomic E-state index is -0.146. The van der Waals surface area contributed by atoms with Gasteiger partial charge in [0.15, 0.2) is 0 Å². The molecule has 1 saturated heterocycles. The number of nitrogens with one attached hydrogen (secondary N) is 1. The molecule has 1 aliphatic heterocycles. The van der Waals surface area contributed by atoms with Crippen molar-refractivity contribution in [3.8, 4) is 11.5 Å². The number of thioether (sulfide) groups is 1. The van der Waals surface area contributed by atoms with Crippen molar-refractivity contribution in [1.29, 1.82) is 0 Å². The Morgan fingerprint density at radius 2 is 1.70 bits per heavy atom. The van der Waals surface area contributed by atoms with Crippen LogP contribution in [0.25, 0.3) is 6.08 Å². The van der Waals surface area contributed by atoms with Crippen molar-refractivity contribution in [3.05, 3.63) is 64.6 Å². The summed E-state index contributed by atoms with van der Waals surface area (Å²) in [6.07, 6.45) is 4.01. The predicted molar refractivity (Wildman–Crippen MR) is 114 cm³/mol. The second kappa shape index (κ2) is 9.58. The van der Waals surface area contributed by atoms with E-state index in [0.29, 0.717) is 15.8 Å². The van der Waals surface area contributed by atoms with Crippen LogP contribution in [0.15, 0.2) is 53.4 Å². The minimum absolute atomic E-state index is 0.146. The summed E-state index contributed by atoms with van der Waals surface area (Å²) in [5, 5.41) is 2.61. The molecule has 0 radical (unpaired) electrons. The van der Waals surface area contributed by atoms with Gasteiger partial charge in [0.1, 0.15) is 22.4 Å². The molecule has 1 fully saturated rings. The van der Waals surface area contributed by atoms with E-state index in [0.717, 1.165) is 42.1 Å². The molecule has 6 heteroatoms. The molecule has 0 spiro atoms. The third-order valence-electron chi connectivity index (χ3n) is 3.92. The summed E-state index contributed by atoms with van der Waals surface area (Å²) in [7, 11) is 0. The molecule has 0 bridgehead atoms. The maximum absolute atomic E-state index is 11.7. The van der Waals surface area contributed by atoms with Gasteiger partial charge in [-0.15, -0.1) is 0 Å². The van der Waals surface area contributed by atoms with Gasteiger partial charge in [0.25, 0.3) is 5.91 Å². The molecule has 2 aromatic carbocycles. The van der Waals surface area contributed by atoms with Gasteiger partial charge in [-0.1, -0.05) is 61.6 Å². The molecular weight excluding hydrogens is 378 g/mol. The molecule has 1 heterocycles. The molecule has 0 unspecified atom stereocenters. The van der Waals surface area contributed by atoms with Crippen molar-refractivity contribution in [2.24, 2.45) is 0 Å². The van der Waals surface area contributed by atoms with Gasteiger partial charge >= 0.3 is 0 Å². The van der Waals surface area contributed by atoms with Gasteiger partial charge in [0.05, 0.1) is 11.5 Å². The number of thiocarbonyl (C=S) groups is 1. The van der Waals surface area contributed by atoms with Crippen molar-refractivity contribution in [2.75, 3.05) is 6.61 Å². The fourth-order valence-corrected chi connectivity index (χ4v) is 3.46. The summed E-state index contributed by atoms with van der Waals surface area (Å²) in [6.45, 7) is 3.38. The van der Waals surface area contributed by atoms with Gasteiger partial charge in [-0.3, -0.25) is 4.79 Å². The topological polar surface area (TPSA) is 47.6 Å². The molecule has 1 N–H and O–H groups in total. The Bertz CT molecular complexity index is 830. The van der Waals surface area contributed by atoms with Crippen LogP contribution in [0.2, 0.25) is 0 Å². The van der Waals surface area contributed by atoms with Crippen LogP contribution in [0, 0.1) is 0 Å². The fourth-order valence-electron chi connectivity index (χ4n) is 2.42. The van der Waals surface area contributed by atoms with Gasteiger partial charge in [0, 0.05) is 0 Å². The third-order valence-corrected chi connectivity index (χ3v) is 5.08. The highest BCUT2D eigenvalue weighted by molar-refractivity contribution is 8.26. The number of ether oxygens (including phenoxy) is 2. The van der Waals surface area contributed by atoms with E-state index in [1.807, 2.05) is 54.6 Å². The van der Waals surface area contributed by atoms with Crippen molar-refractivity contribution in [3.63, 3.8) is 0 Å². The zero-order valence-corrected chi connectivity index (χ0v) is 16.7. The highest BCUT2D eigenvalue weighted by atomic mass is 32.2. The lowest BCUT2D eigenvalue weighted by Crippen LogP contribution is -2.17. The van der Waals surface area contributed by atoms with E-state index in [1.54, 1.807) is 0 Å². The number of unbranched alkanes of at least 4 members (excludes halogenated alkanes) is 1. The van der Waals surface area contributed by atoms with Gasteiger partial charge in [-0.25, -0.2) is 0 Å². The van der Waals surface area contributed by atoms with Gasteiger partial charge in [-0.2, -0.15) is 0 Å². The predicted octanol–water partition coefficient (Wildman–Crippen LogP) is 4.93. The van der Waals surface area contributed by atoms with Crippen LogP contribution in [0.1, 0.15) is 30.9 Å². The zero-order chi connectivity index (χ0) is 19.1. The molecule has 140 valence electrons. The van der Waals surface area contributed by atoms with E-state index in [9.17, 15) is 4.79 Å². The first kappa shape index (κ1) is 19.5. The van der Waals surface area contributed by atoms with Gasteiger partial charge in [-0.05, 0) is 47.9 Å². The monoisotopic (exact) mass is 399 g/mol. The van der Waals surface area contributed by atoms with Crippen LogP contribution in [-0.2, 0) is 11.4 Å². The number of rotatable bonds is 8. The molecule has 1 amide bonds. The van der Waals surface area contributed by atoms with E-state index in [2.05, 4.69) is 12.2 Å². The second-order valence-electron chi connectivity index (χ2n) is 6.06. The number of carbonyl (C=O) groups excluding carboxylic acids is 1. The highest BCUT2D eigenvalue weighted by Crippen LogP contribution is 2.26. The normalized spacial score (nSPS) is 15.1. The Morgan fingerprint density at radius 1 is 1.04 bits per heavy atom. The van der Waals surface area contributed by atoms with E-state index < -0.39 is 0 Å². The third kappa shape index (κ3) is 5.84. The molecule has 3 rings (SSSR count). The van der Waals surface area contributed by atoms with Crippen LogP contribution in [0.4, 0.5) is 0 Å². The van der Waals surface area contributed by atoms with Crippen LogP contribution in [0.3, 0.4) is 0 Å². The largest absolute Gasteiger partial charge is 0.494 e. The van der Waals surface area contributed by atoms with E-state index >= 15 is 0 Å². The standard InChI is InChI=1S/C21H21NO3S2/c1-2-3-12-24-17-10-6-16(7-11-17)14-25-18-8-4-15(5-9-18)13-19-20(23)22-21(26)27-19/h4-11,13H,2-3,12,14H2,1H3,(H,22,23,26). The van der Waals surface area contributed by atoms with Crippen molar-refractivity contribution in [1.82, 2.24) is 5.32 Å². The molecule has 1 aliphatic rings. The first-order valence-corrected chi connectivity index (χ1v) is 10.1. The average Bonchev–Trinajstić information content (AvgIpc) is 2.99. The van der Waals surface area contributed by atoms with E-state index in [-0.39, 0.29) is 5.91 Å². The van der Waals surface area contributed by atoms with Crippen LogP contribution >= 0.6 is 24.0 Å². The highest BCUT2D eigenvalue weighted by Gasteiger charge is 2.21. The summed E-state index contributed by atoms with van der Waals surface area (Å²) in [5.74, 6) is 1.52. The minimum Gasteiger partial charge on any atom is -0.494 e.